The van der Waals surface area contributed by atoms with E-state index in [0.29, 0.717) is 22.6 Å². The van der Waals surface area contributed by atoms with Crippen LogP contribution in [0.5, 0.6) is 11.5 Å². The zero-order chi connectivity index (χ0) is 30.7. The molecule has 1 fully saturated rings. The van der Waals surface area contributed by atoms with E-state index in [1.807, 2.05) is 62.4 Å². The van der Waals surface area contributed by atoms with Gasteiger partial charge in [0.05, 0.1) is 12.5 Å². The summed E-state index contributed by atoms with van der Waals surface area (Å²) in [5.74, 6) is -1.35. The molecule has 43 heavy (non-hydrogen) atoms. The second kappa shape index (κ2) is 12.2. The Morgan fingerprint density at radius 1 is 0.953 bits per heavy atom. The Balaban J connectivity index is 1.51. The lowest BCUT2D eigenvalue weighted by atomic mass is 9.89. The molecule has 0 spiro atoms. The van der Waals surface area contributed by atoms with E-state index in [4.69, 9.17) is 9.47 Å². The van der Waals surface area contributed by atoms with E-state index in [0.717, 1.165) is 10.5 Å². The van der Waals surface area contributed by atoms with Crippen LogP contribution in [0.4, 0.5) is 4.79 Å². The minimum atomic E-state index is -1.37. The van der Waals surface area contributed by atoms with Gasteiger partial charge >= 0.3 is 12.0 Å². The number of rotatable bonds is 11. The zero-order valence-corrected chi connectivity index (χ0v) is 24.4. The molecule has 0 aliphatic carbocycles. The predicted molar refractivity (Wildman–Crippen MR) is 157 cm³/mol. The quantitative estimate of drug-likeness (QED) is 0.309. The van der Waals surface area contributed by atoms with E-state index in [-0.39, 0.29) is 25.7 Å². The van der Waals surface area contributed by atoms with Crippen molar-refractivity contribution >= 4 is 23.8 Å². The summed E-state index contributed by atoms with van der Waals surface area (Å²) in [6.07, 6.45) is -0.224. The normalized spacial score (nSPS) is 19.1. The summed E-state index contributed by atoms with van der Waals surface area (Å²) < 4.78 is 10.8. The second-order valence-corrected chi connectivity index (χ2v) is 11.4. The summed E-state index contributed by atoms with van der Waals surface area (Å²) in [5.41, 5.74) is 0.588. The van der Waals surface area contributed by atoms with Gasteiger partial charge in [0.1, 0.15) is 11.6 Å². The number of aliphatic carboxylic acids is 1. The number of benzene rings is 3. The number of fused-ring (bicyclic) bond motifs is 1. The molecule has 0 aromatic heterocycles. The van der Waals surface area contributed by atoms with Gasteiger partial charge in [-0.05, 0) is 48.1 Å². The number of nitrogens with zero attached hydrogens (tertiary/aromatic N) is 2. The summed E-state index contributed by atoms with van der Waals surface area (Å²) in [7, 11) is 0. The first-order chi connectivity index (χ1) is 20.6. The van der Waals surface area contributed by atoms with Crippen molar-refractivity contribution in [1.29, 1.82) is 0 Å². The Kier molecular flexibility index (Phi) is 8.38. The van der Waals surface area contributed by atoms with Crippen molar-refractivity contribution in [2.45, 2.75) is 57.8 Å². The molecule has 5 rings (SSSR count). The lowest BCUT2D eigenvalue weighted by Crippen LogP contribution is -2.52. The first kappa shape index (κ1) is 29.6. The van der Waals surface area contributed by atoms with Crippen molar-refractivity contribution in [3.05, 3.63) is 95.6 Å². The van der Waals surface area contributed by atoms with Crippen LogP contribution in [-0.2, 0) is 26.5 Å². The number of urea groups is 1. The van der Waals surface area contributed by atoms with Crippen LogP contribution in [0, 0.1) is 5.92 Å². The predicted octanol–water partition coefficient (Wildman–Crippen LogP) is 4.84. The van der Waals surface area contributed by atoms with Gasteiger partial charge in [-0.15, -0.1) is 0 Å². The fourth-order valence-electron chi connectivity index (χ4n) is 5.67. The van der Waals surface area contributed by atoms with Gasteiger partial charge in [0.25, 0.3) is 5.91 Å². The summed E-state index contributed by atoms with van der Waals surface area (Å²) in [4.78, 5) is 57.1. The van der Waals surface area contributed by atoms with Gasteiger partial charge in [-0.1, -0.05) is 80.6 Å². The van der Waals surface area contributed by atoms with Gasteiger partial charge in [0.15, 0.2) is 11.5 Å². The number of carbonyl (C=O) groups is 4. The number of hydrogen-bond donors (Lipinski definition) is 2. The summed E-state index contributed by atoms with van der Waals surface area (Å²) in [5, 5.41) is 12.5. The summed E-state index contributed by atoms with van der Waals surface area (Å²) in [6, 6.07) is 20.7. The molecule has 10 heteroatoms. The largest absolute Gasteiger partial charge is 0.481 e. The molecule has 0 radical (unpaired) electrons. The third-order valence-electron chi connectivity index (χ3n) is 7.93. The molecular weight excluding hydrogens is 550 g/mol. The highest BCUT2D eigenvalue weighted by Crippen LogP contribution is 2.40. The van der Waals surface area contributed by atoms with Crippen molar-refractivity contribution in [3.8, 4) is 11.5 Å². The van der Waals surface area contributed by atoms with E-state index in [9.17, 15) is 24.3 Å². The molecule has 3 aromatic rings. The maximum atomic E-state index is 14.4. The number of hydrogen-bond acceptors (Lipinski definition) is 6. The lowest BCUT2D eigenvalue weighted by Gasteiger charge is -2.32. The van der Waals surface area contributed by atoms with Crippen molar-refractivity contribution in [3.63, 3.8) is 0 Å². The maximum Gasteiger partial charge on any atom is 0.329 e. The van der Waals surface area contributed by atoms with E-state index in [2.05, 4.69) is 5.32 Å². The van der Waals surface area contributed by atoms with Gasteiger partial charge in [-0.25, -0.2) is 9.69 Å². The van der Waals surface area contributed by atoms with E-state index in [1.165, 1.54) is 4.90 Å². The molecule has 224 valence electrons. The Bertz CT molecular complexity index is 1510. The van der Waals surface area contributed by atoms with Crippen LogP contribution in [0.2, 0.25) is 0 Å². The molecule has 2 heterocycles. The van der Waals surface area contributed by atoms with Crippen LogP contribution >= 0.6 is 0 Å². The van der Waals surface area contributed by atoms with Gasteiger partial charge in [-0.2, -0.15) is 0 Å². The zero-order valence-electron chi connectivity index (χ0n) is 24.4. The maximum absolute atomic E-state index is 14.4. The number of imide groups is 1. The minimum absolute atomic E-state index is 0.0457. The van der Waals surface area contributed by atoms with Crippen LogP contribution in [0.1, 0.15) is 56.3 Å². The lowest BCUT2D eigenvalue weighted by molar-refractivity contribution is -0.141. The number of ether oxygens (including phenoxy) is 2. The first-order valence-corrected chi connectivity index (χ1v) is 14.3. The van der Waals surface area contributed by atoms with Gasteiger partial charge in [0.2, 0.25) is 12.7 Å². The van der Waals surface area contributed by atoms with Crippen molar-refractivity contribution in [2.75, 3.05) is 6.79 Å². The number of carboxylic acids is 1. The molecular formula is C33H35N3O7. The Hall–Kier alpha value is -4.86. The Labute approximate surface area is 250 Å². The third kappa shape index (κ3) is 5.90. The van der Waals surface area contributed by atoms with E-state index >= 15 is 0 Å². The molecule has 2 N–H and O–H groups in total. The molecule has 2 unspecified atom stereocenters. The molecule has 4 amide bonds. The van der Waals surface area contributed by atoms with Crippen LogP contribution < -0.4 is 14.8 Å². The smallest absolute Gasteiger partial charge is 0.329 e. The minimum Gasteiger partial charge on any atom is -0.481 e. The summed E-state index contributed by atoms with van der Waals surface area (Å²) in [6.45, 7) is 5.70. The number of amides is 4. The van der Waals surface area contributed by atoms with Crippen LogP contribution in [0.15, 0.2) is 78.9 Å². The number of carboxylic acid groups (broad SMARTS) is 1. The fourth-order valence-corrected chi connectivity index (χ4v) is 5.67. The monoisotopic (exact) mass is 585 g/mol. The molecule has 1 saturated heterocycles. The van der Waals surface area contributed by atoms with Crippen molar-refractivity contribution < 1.29 is 33.8 Å². The number of carbonyl (C=O) groups excluding carboxylic acids is 3. The van der Waals surface area contributed by atoms with Crippen molar-refractivity contribution in [2.24, 2.45) is 5.92 Å². The van der Waals surface area contributed by atoms with Gasteiger partial charge in [-0.3, -0.25) is 14.4 Å². The summed E-state index contributed by atoms with van der Waals surface area (Å²) >= 11 is 0. The Morgan fingerprint density at radius 3 is 2.26 bits per heavy atom. The second-order valence-electron chi connectivity index (χ2n) is 11.4. The Morgan fingerprint density at radius 2 is 1.60 bits per heavy atom. The molecule has 0 saturated carbocycles. The SMILES string of the molecule is CC(C)CC(C(=O)NC(CC(=O)O)c1ccc2c(c1)OCO2)N1C(=O)N(Cc2ccccc2)[C@@](C)(c2ccccc2)C1=O. The van der Waals surface area contributed by atoms with Crippen LogP contribution in [0.3, 0.4) is 0 Å². The topological polar surface area (TPSA) is 125 Å². The molecule has 2 aliphatic heterocycles. The average molecular weight is 586 g/mol. The van der Waals surface area contributed by atoms with Gasteiger partial charge < -0.3 is 24.8 Å². The highest BCUT2D eigenvalue weighted by Gasteiger charge is 2.58. The van der Waals surface area contributed by atoms with Crippen molar-refractivity contribution in [1.82, 2.24) is 15.1 Å². The first-order valence-electron chi connectivity index (χ1n) is 14.3. The van der Waals surface area contributed by atoms with E-state index in [1.54, 1.807) is 37.3 Å². The van der Waals surface area contributed by atoms with Gasteiger partial charge in [0, 0.05) is 6.54 Å². The highest BCUT2D eigenvalue weighted by molar-refractivity contribution is 6.10. The molecule has 3 atom stereocenters. The third-order valence-corrected chi connectivity index (χ3v) is 7.93. The molecule has 0 bridgehead atoms. The van der Waals surface area contributed by atoms with Crippen LogP contribution in [-0.4, -0.2) is 51.6 Å². The fraction of sp³-hybridized carbons (Fsp3) is 0.333. The molecule has 2 aliphatic rings. The molecule has 3 aromatic carbocycles. The molecule has 10 nitrogen and oxygen atoms in total. The standard InChI is InChI=1S/C33H35N3O7/c1-21(2)16-26(30(39)34-25(18-29(37)38)23-14-15-27-28(17-23)43-20-42-27)36-31(40)33(3,24-12-8-5-9-13-24)35(32(36)41)19-22-10-6-4-7-11-22/h4-15,17,21,25-26H,16,18-20H2,1-3H3,(H,34,39)(H,37,38)/t25?,26?,33-/m0/s1. The van der Waals surface area contributed by atoms with E-state index < -0.39 is 47.9 Å². The highest BCUT2D eigenvalue weighted by atomic mass is 16.7. The number of nitrogens with one attached hydrogen (secondary N) is 1. The average Bonchev–Trinajstić information content (AvgIpc) is 3.53. The van der Waals surface area contributed by atoms with Crippen LogP contribution in [0.25, 0.3) is 0 Å².